The highest BCUT2D eigenvalue weighted by Crippen LogP contribution is 2.16. The molecule has 0 aromatic carbocycles. The first-order chi connectivity index (χ1) is 7.38. The van der Waals surface area contributed by atoms with Crippen LogP contribution in [-0.2, 0) is 11.2 Å². The first-order valence-corrected chi connectivity index (χ1v) is 6.46. The van der Waals surface area contributed by atoms with Gasteiger partial charge in [0.1, 0.15) is 6.29 Å². The molecule has 0 bridgehead atoms. The van der Waals surface area contributed by atoms with Crippen molar-refractivity contribution in [3.05, 3.63) is 22.4 Å². The first kappa shape index (κ1) is 10.8. The van der Waals surface area contributed by atoms with Crippen molar-refractivity contribution in [2.45, 2.75) is 19.3 Å². The molecule has 2 heterocycles. The molecule has 0 amide bonds. The minimum atomic E-state index is 0.322. The Balaban J connectivity index is 1.71. The highest BCUT2D eigenvalue weighted by Gasteiger charge is 2.17. The molecule has 2 nitrogen and oxygen atoms in total. The molecule has 1 saturated heterocycles. The van der Waals surface area contributed by atoms with Crippen LogP contribution in [0.3, 0.4) is 0 Å². The quantitative estimate of drug-likeness (QED) is 0.729. The number of nitrogens with zero attached hydrogens (tertiary/aromatic N) is 1. The molecule has 82 valence electrons. The van der Waals surface area contributed by atoms with Gasteiger partial charge in [0.25, 0.3) is 0 Å². The predicted octanol–water partition coefficient (Wildman–Crippen LogP) is 2.20. The fourth-order valence-corrected chi connectivity index (χ4v) is 2.73. The molecule has 0 unspecified atom stereocenters. The van der Waals surface area contributed by atoms with Gasteiger partial charge in [0.05, 0.1) is 0 Å². The summed E-state index contributed by atoms with van der Waals surface area (Å²) in [6, 6.07) is 4.31. The molecule has 0 spiro atoms. The SMILES string of the molecule is O=CC1CCN(CCc2cccs2)CC1. The van der Waals surface area contributed by atoms with Crippen molar-refractivity contribution in [2.24, 2.45) is 5.92 Å². The molecule has 1 aliphatic heterocycles. The van der Waals surface area contributed by atoms with Crippen LogP contribution in [0.4, 0.5) is 0 Å². The molecule has 1 aromatic rings. The van der Waals surface area contributed by atoms with Crippen LogP contribution in [0.2, 0.25) is 0 Å². The van der Waals surface area contributed by atoms with Gasteiger partial charge in [-0.05, 0) is 43.8 Å². The van der Waals surface area contributed by atoms with Gasteiger partial charge < -0.3 is 9.69 Å². The number of piperidine rings is 1. The maximum absolute atomic E-state index is 10.6. The van der Waals surface area contributed by atoms with Crippen molar-refractivity contribution in [2.75, 3.05) is 19.6 Å². The largest absolute Gasteiger partial charge is 0.303 e. The van der Waals surface area contributed by atoms with E-state index in [2.05, 4.69) is 22.4 Å². The smallest absolute Gasteiger partial charge is 0.123 e. The zero-order valence-electron chi connectivity index (χ0n) is 8.89. The van der Waals surface area contributed by atoms with Crippen molar-refractivity contribution in [3.8, 4) is 0 Å². The maximum atomic E-state index is 10.6. The Hall–Kier alpha value is -0.670. The van der Waals surface area contributed by atoms with Crippen LogP contribution in [0.25, 0.3) is 0 Å². The second kappa shape index (κ2) is 5.42. The standard InChI is InChI=1S/C12H17NOS/c14-10-11-3-6-13(7-4-11)8-5-12-2-1-9-15-12/h1-2,9-11H,3-8H2. The third-order valence-corrected chi connectivity index (χ3v) is 4.02. The van der Waals surface area contributed by atoms with E-state index in [1.54, 1.807) is 0 Å². The molecule has 1 aromatic heterocycles. The Labute approximate surface area is 94.9 Å². The minimum Gasteiger partial charge on any atom is -0.303 e. The van der Waals surface area contributed by atoms with Crippen LogP contribution in [-0.4, -0.2) is 30.8 Å². The summed E-state index contributed by atoms with van der Waals surface area (Å²) < 4.78 is 0. The van der Waals surface area contributed by atoms with Gasteiger partial charge in [-0.3, -0.25) is 0 Å². The van der Waals surface area contributed by atoms with E-state index in [4.69, 9.17) is 0 Å². The zero-order chi connectivity index (χ0) is 10.5. The molecule has 1 aliphatic rings. The third-order valence-electron chi connectivity index (χ3n) is 3.08. The van der Waals surface area contributed by atoms with Crippen LogP contribution in [0.5, 0.6) is 0 Å². The van der Waals surface area contributed by atoms with Gasteiger partial charge in [-0.1, -0.05) is 6.07 Å². The van der Waals surface area contributed by atoms with Gasteiger partial charge in [0, 0.05) is 17.3 Å². The predicted molar refractivity (Wildman–Crippen MR) is 63.3 cm³/mol. The van der Waals surface area contributed by atoms with E-state index in [0.29, 0.717) is 5.92 Å². The molecule has 0 saturated carbocycles. The van der Waals surface area contributed by atoms with Crippen molar-refractivity contribution in [1.29, 1.82) is 0 Å². The lowest BCUT2D eigenvalue weighted by Gasteiger charge is -2.29. The summed E-state index contributed by atoms with van der Waals surface area (Å²) in [7, 11) is 0. The van der Waals surface area contributed by atoms with Gasteiger partial charge >= 0.3 is 0 Å². The molecule has 0 aliphatic carbocycles. The number of carbonyl (C=O) groups excluding carboxylic acids is 1. The zero-order valence-corrected chi connectivity index (χ0v) is 9.71. The summed E-state index contributed by atoms with van der Waals surface area (Å²) in [6.07, 6.45) is 4.38. The van der Waals surface area contributed by atoms with E-state index < -0.39 is 0 Å². The Morgan fingerprint density at radius 1 is 1.47 bits per heavy atom. The fourth-order valence-electron chi connectivity index (χ4n) is 2.04. The number of likely N-dealkylation sites (tertiary alicyclic amines) is 1. The number of hydrogen-bond donors (Lipinski definition) is 0. The van der Waals surface area contributed by atoms with E-state index in [0.717, 1.165) is 45.2 Å². The summed E-state index contributed by atoms with van der Waals surface area (Å²) in [4.78, 5) is 14.5. The highest BCUT2D eigenvalue weighted by atomic mass is 32.1. The van der Waals surface area contributed by atoms with Crippen LogP contribution >= 0.6 is 11.3 Å². The van der Waals surface area contributed by atoms with Crippen LogP contribution < -0.4 is 0 Å². The van der Waals surface area contributed by atoms with Crippen LogP contribution in [0, 0.1) is 5.92 Å². The summed E-state index contributed by atoms with van der Waals surface area (Å²) >= 11 is 1.83. The van der Waals surface area contributed by atoms with E-state index in [1.807, 2.05) is 11.3 Å². The first-order valence-electron chi connectivity index (χ1n) is 5.58. The third kappa shape index (κ3) is 3.14. The van der Waals surface area contributed by atoms with E-state index >= 15 is 0 Å². The molecule has 1 fully saturated rings. The summed E-state index contributed by atoms with van der Waals surface area (Å²) in [5.74, 6) is 0.322. The number of thiophene rings is 1. The lowest BCUT2D eigenvalue weighted by atomic mass is 9.98. The van der Waals surface area contributed by atoms with Crippen molar-refractivity contribution in [1.82, 2.24) is 4.90 Å². The summed E-state index contributed by atoms with van der Waals surface area (Å²) in [5.41, 5.74) is 0. The highest BCUT2D eigenvalue weighted by molar-refractivity contribution is 7.09. The average Bonchev–Trinajstić information content (AvgIpc) is 2.80. The monoisotopic (exact) mass is 223 g/mol. The van der Waals surface area contributed by atoms with E-state index in [-0.39, 0.29) is 0 Å². The maximum Gasteiger partial charge on any atom is 0.123 e. The van der Waals surface area contributed by atoms with Gasteiger partial charge in [-0.15, -0.1) is 11.3 Å². The van der Waals surface area contributed by atoms with E-state index in [9.17, 15) is 4.79 Å². The van der Waals surface area contributed by atoms with Gasteiger partial charge in [0.2, 0.25) is 0 Å². The van der Waals surface area contributed by atoms with Gasteiger partial charge in [-0.25, -0.2) is 0 Å². The molecular formula is C12H17NOS. The normalized spacial score (nSPS) is 19.2. The minimum absolute atomic E-state index is 0.322. The Kier molecular flexibility index (Phi) is 3.92. The Bertz CT molecular complexity index is 289. The van der Waals surface area contributed by atoms with Crippen LogP contribution in [0.15, 0.2) is 17.5 Å². The van der Waals surface area contributed by atoms with Gasteiger partial charge in [-0.2, -0.15) is 0 Å². The fraction of sp³-hybridized carbons (Fsp3) is 0.583. The molecule has 3 heteroatoms. The molecule has 0 N–H and O–H groups in total. The molecule has 0 atom stereocenters. The average molecular weight is 223 g/mol. The lowest BCUT2D eigenvalue weighted by Crippen LogP contribution is -2.35. The molecular weight excluding hydrogens is 206 g/mol. The van der Waals surface area contributed by atoms with E-state index in [1.165, 1.54) is 4.88 Å². The molecule has 2 rings (SSSR count). The molecule has 0 radical (unpaired) electrons. The second-order valence-corrected chi connectivity index (χ2v) is 5.18. The van der Waals surface area contributed by atoms with Gasteiger partial charge in [0.15, 0.2) is 0 Å². The second-order valence-electron chi connectivity index (χ2n) is 4.14. The number of aldehydes is 1. The topological polar surface area (TPSA) is 20.3 Å². The Morgan fingerprint density at radius 3 is 2.87 bits per heavy atom. The van der Waals surface area contributed by atoms with Crippen molar-refractivity contribution in [3.63, 3.8) is 0 Å². The summed E-state index contributed by atoms with van der Waals surface area (Å²) in [6.45, 7) is 3.33. The number of hydrogen-bond acceptors (Lipinski definition) is 3. The number of rotatable bonds is 4. The number of carbonyl (C=O) groups is 1. The molecule has 15 heavy (non-hydrogen) atoms. The summed E-state index contributed by atoms with van der Waals surface area (Å²) in [5, 5.41) is 2.13. The van der Waals surface area contributed by atoms with Crippen molar-refractivity contribution >= 4 is 17.6 Å². The van der Waals surface area contributed by atoms with Crippen LogP contribution in [0.1, 0.15) is 17.7 Å². The van der Waals surface area contributed by atoms with Crippen molar-refractivity contribution < 1.29 is 4.79 Å². The Morgan fingerprint density at radius 2 is 2.27 bits per heavy atom. The lowest BCUT2D eigenvalue weighted by molar-refractivity contribution is -0.112.